The second kappa shape index (κ2) is 4.37. The summed E-state index contributed by atoms with van der Waals surface area (Å²) in [5.74, 6) is 1.13. The summed E-state index contributed by atoms with van der Waals surface area (Å²) in [5.41, 5.74) is 0.702. The molecule has 1 amide bonds. The van der Waals surface area contributed by atoms with Gasteiger partial charge in [-0.2, -0.15) is 12.6 Å². The number of aromatic nitrogens is 2. The fourth-order valence-corrected chi connectivity index (χ4v) is 1.94. The Bertz CT molecular complexity index is 370. The molecule has 0 spiro atoms. The van der Waals surface area contributed by atoms with E-state index < -0.39 is 0 Å². The third-order valence-corrected chi connectivity index (χ3v) is 3.09. The quantitative estimate of drug-likeness (QED) is 0.631. The highest BCUT2D eigenvalue weighted by molar-refractivity contribution is 7.80. The average molecular weight is 244 g/mol. The van der Waals surface area contributed by atoms with Crippen LogP contribution >= 0.6 is 24.2 Å². The van der Waals surface area contributed by atoms with E-state index in [2.05, 4.69) is 22.6 Å². The van der Waals surface area contributed by atoms with Crippen LogP contribution in [0.4, 0.5) is 5.69 Å². The lowest BCUT2D eigenvalue weighted by Crippen LogP contribution is -2.24. The third-order valence-electron chi connectivity index (χ3n) is 2.38. The summed E-state index contributed by atoms with van der Waals surface area (Å²) in [7, 11) is 0. The van der Waals surface area contributed by atoms with E-state index in [1.165, 1.54) is 0 Å². The molecule has 6 heteroatoms. The summed E-state index contributed by atoms with van der Waals surface area (Å²) in [6, 6.07) is 0. The first-order valence-electron chi connectivity index (χ1n) is 4.59. The van der Waals surface area contributed by atoms with Gasteiger partial charge in [-0.15, -0.1) is 0 Å². The molecule has 0 radical (unpaired) electrons. The van der Waals surface area contributed by atoms with Crippen molar-refractivity contribution >= 4 is 35.8 Å². The average Bonchev–Trinajstić information content (AvgIpc) is 2.61. The van der Waals surface area contributed by atoms with Crippen LogP contribution in [0.25, 0.3) is 0 Å². The number of halogens is 1. The predicted octanol–water partition coefficient (Wildman–Crippen LogP) is 1.41. The van der Waals surface area contributed by atoms with Gasteiger partial charge >= 0.3 is 0 Å². The zero-order valence-corrected chi connectivity index (χ0v) is 9.58. The van der Waals surface area contributed by atoms with Crippen LogP contribution in [0.3, 0.4) is 0 Å². The molecule has 1 aliphatic rings. The highest BCUT2D eigenvalue weighted by Crippen LogP contribution is 2.24. The monoisotopic (exact) mass is 243 g/mol. The number of hydrogen-bond donors (Lipinski definition) is 1. The van der Waals surface area contributed by atoms with Crippen LogP contribution < -0.4 is 4.90 Å². The molecule has 1 aromatic heterocycles. The summed E-state index contributed by atoms with van der Waals surface area (Å²) < 4.78 is 0. The highest BCUT2D eigenvalue weighted by atomic mass is 35.5. The first-order valence-corrected chi connectivity index (χ1v) is 5.60. The van der Waals surface area contributed by atoms with E-state index in [0.29, 0.717) is 24.6 Å². The standard InChI is InChI=1S/C9H10ClN3OS/c10-9-11-2-7(3-12-9)13-4-6(5-15)1-8(13)14/h2-3,6,15H,1,4-5H2. The zero-order valence-electron chi connectivity index (χ0n) is 7.93. The van der Waals surface area contributed by atoms with Crippen LogP contribution in [-0.4, -0.2) is 28.2 Å². The molecular formula is C9H10ClN3OS. The summed E-state index contributed by atoms with van der Waals surface area (Å²) in [5, 5.41) is 0.191. The normalized spacial score (nSPS) is 21.1. The molecule has 0 saturated carbocycles. The summed E-state index contributed by atoms with van der Waals surface area (Å²) in [6.07, 6.45) is 3.67. The number of nitrogens with zero attached hydrogens (tertiary/aromatic N) is 3. The molecule has 0 aromatic carbocycles. The molecule has 0 N–H and O–H groups in total. The Hall–Kier alpha value is -0.810. The van der Waals surface area contributed by atoms with Gasteiger partial charge in [-0.1, -0.05) is 0 Å². The maximum Gasteiger partial charge on any atom is 0.227 e. The van der Waals surface area contributed by atoms with Gasteiger partial charge in [-0.25, -0.2) is 9.97 Å². The van der Waals surface area contributed by atoms with Gasteiger partial charge < -0.3 is 4.90 Å². The lowest BCUT2D eigenvalue weighted by molar-refractivity contribution is -0.117. The van der Waals surface area contributed by atoms with Gasteiger partial charge in [0.1, 0.15) is 0 Å². The van der Waals surface area contributed by atoms with Gasteiger partial charge in [0.05, 0.1) is 18.1 Å². The van der Waals surface area contributed by atoms with Crippen LogP contribution in [0.15, 0.2) is 12.4 Å². The van der Waals surface area contributed by atoms with E-state index in [-0.39, 0.29) is 11.2 Å². The Morgan fingerprint density at radius 3 is 2.73 bits per heavy atom. The third kappa shape index (κ3) is 2.23. The largest absolute Gasteiger partial charge is 0.309 e. The van der Waals surface area contributed by atoms with Crippen LogP contribution in [0, 0.1) is 5.92 Å². The predicted molar refractivity (Wildman–Crippen MR) is 61.4 cm³/mol. The van der Waals surface area contributed by atoms with Crippen molar-refractivity contribution in [2.24, 2.45) is 5.92 Å². The number of thiol groups is 1. The molecule has 2 heterocycles. The first kappa shape index (κ1) is 10.7. The summed E-state index contributed by atoms with van der Waals surface area (Å²) >= 11 is 9.77. The van der Waals surface area contributed by atoms with E-state index in [9.17, 15) is 4.79 Å². The number of carbonyl (C=O) groups excluding carboxylic acids is 1. The van der Waals surface area contributed by atoms with Crippen LogP contribution in [0.5, 0.6) is 0 Å². The van der Waals surface area contributed by atoms with E-state index in [1.807, 2.05) is 0 Å². The second-order valence-corrected chi connectivity index (χ2v) is 4.17. The molecule has 0 bridgehead atoms. The Labute approximate surface area is 98.1 Å². The molecule has 15 heavy (non-hydrogen) atoms. The van der Waals surface area contributed by atoms with Crippen LogP contribution in [-0.2, 0) is 4.79 Å². The van der Waals surface area contributed by atoms with Crippen molar-refractivity contribution in [3.8, 4) is 0 Å². The van der Waals surface area contributed by atoms with E-state index in [0.717, 1.165) is 5.75 Å². The van der Waals surface area contributed by atoms with Gasteiger partial charge in [0.15, 0.2) is 0 Å². The summed E-state index contributed by atoms with van der Waals surface area (Å²) in [4.78, 5) is 21.0. The van der Waals surface area contributed by atoms with Crippen molar-refractivity contribution in [1.29, 1.82) is 0 Å². The molecule has 1 atom stereocenters. The molecular weight excluding hydrogens is 234 g/mol. The molecule has 1 saturated heterocycles. The van der Waals surface area contributed by atoms with Crippen molar-refractivity contribution in [3.05, 3.63) is 17.7 Å². The SMILES string of the molecule is O=C1CC(CS)CN1c1cnc(Cl)nc1. The van der Waals surface area contributed by atoms with Crippen molar-refractivity contribution in [2.75, 3.05) is 17.2 Å². The number of rotatable bonds is 2. The minimum atomic E-state index is 0.0972. The molecule has 1 fully saturated rings. The minimum Gasteiger partial charge on any atom is -0.309 e. The van der Waals surface area contributed by atoms with E-state index in [1.54, 1.807) is 17.3 Å². The Morgan fingerprint density at radius 2 is 2.20 bits per heavy atom. The fraction of sp³-hybridized carbons (Fsp3) is 0.444. The first-order chi connectivity index (χ1) is 7.20. The smallest absolute Gasteiger partial charge is 0.227 e. The lowest BCUT2D eigenvalue weighted by Gasteiger charge is -2.15. The fourth-order valence-electron chi connectivity index (χ4n) is 1.60. The number of carbonyl (C=O) groups is 1. The van der Waals surface area contributed by atoms with Gasteiger partial charge in [0.25, 0.3) is 0 Å². The number of hydrogen-bond acceptors (Lipinski definition) is 4. The minimum absolute atomic E-state index is 0.0972. The van der Waals surface area contributed by atoms with Gasteiger partial charge in [0, 0.05) is 13.0 Å². The second-order valence-electron chi connectivity index (χ2n) is 3.47. The van der Waals surface area contributed by atoms with Crippen LogP contribution in [0.2, 0.25) is 5.28 Å². The van der Waals surface area contributed by atoms with Crippen molar-refractivity contribution in [2.45, 2.75) is 6.42 Å². The number of amides is 1. The molecule has 80 valence electrons. The maximum atomic E-state index is 11.6. The van der Waals surface area contributed by atoms with E-state index >= 15 is 0 Å². The lowest BCUT2D eigenvalue weighted by atomic mass is 10.1. The van der Waals surface area contributed by atoms with Crippen molar-refractivity contribution in [1.82, 2.24) is 9.97 Å². The molecule has 1 unspecified atom stereocenters. The molecule has 4 nitrogen and oxygen atoms in total. The van der Waals surface area contributed by atoms with Crippen molar-refractivity contribution in [3.63, 3.8) is 0 Å². The molecule has 0 aliphatic carbocycles. The topological polar surface area (TPSA) is 46.1 Å². The zero-order chi connectivity index (χ0) is 10.8. The Balaban J connectivity index is 2.18. The van der Waals surface area contributed by atoms with E-state index in [4.69, 9.17) is 11.6 Å². The molecule has 2 rings (SSSR count). The highest BCUT2D eigenvalue weighted by Gasteiger charge is 2.29. The Kier molecular flexibility index (Phi) is 3.11. The van der Waals surface area contributed by atoms with Gasteiger partial charge in [-0.05, 0) is 23.3 Å². The Morgan fingerprint density at radius 1 is 1.53 bits per heavy atom. The van der Waals surface area contributed by atoms with Crippen LogP contribution in [0.1, 0.15) is 6.42 Å². The van der Waals surface area contributed by atoms with Gasteiger partial charge in [-0.3, -0.25) is 4.79 Å². The summed E-state index contributed by atoms with van der Waals surface area (Å²) in [6.45, 7) is 0.688. The maximum absolute atomic E-state index is 11.6. The van der Waals surface area contributed by atoms with Crippen molar-refractivity contribution < 1.29 is 4.79 Å². The molecule has 1 aromatic rings. The van der Waals surface area contributed by atoms with Gasteiger partial charge in [0.2, 0.25) is 11.2 Å². The number of anilines is 1. The molecule has 1 aliphatic heterocycles.